The average molecular weight is 345 g/mol. The highest BCUT2D eigenvalue weighted by Crippen LogP contribution is 2.41. The molecule has 3 aromatic rings. The minimum Gasteiger partial charge on any atom is -0.344 e. The number of rotatable bonds is 3. The van der Waals surface area contributed by atoms with E-state index in [0.717, 1.165) is 18.7 Å². The molecule has 26 heavy (non-hydrogen) atoms. The second-order valence-electron chi connectivity index (χ2n) is 8.14. The van der Waals surface area contributed by atoms with E-state index in [1.54, 1.807) is 11.3 Å². The highest BCUT2D eigenvalue weighted by molar-refractivity contribution is 5.87. The van der Waals surface area contributed by atoms with Gasteiger partial charge in [0.1, 0.15) is 0 Å². The number of fused-ring (bicyclic) bond motifs is 6. The van der Waals surface area contributed by atoms with Crippen LogP contribution >= 0.6 is 0 Å². The third-order valence-electron chi connectivity index (χ3n) is 6.24. The molecule has 0 saturated carbocycles. The number of nitrogens with one attached hydrogen (secondary N) is 1. The Morgan fingerprint density at radius 3 is 2.92 bits per heavy atom. The van der Waals surface area contributed by atoms with E-state index in [-0.39, 0.29) is 0 Å². The lowest BCUT2D eigenvalue weighted by Crippen LogP contribution is -2.43. The van der Waals surface area contributed by atoms with Crippen LogP contribution in [0.15, 0.2) is 36.5 Å². The predicted octanol–water partition coefficient (Wildman–Crippen LogP) is 4.64. The topological polar surface area (TPSA) is 29.9 Å². The molecular weight excluding hydrogens is 318 g/mol. The van der Waals surface area contributed by atoms with Gasteiger partial charge in [-0.15, -0.1) is 0 Å². The summed E-state index contributed by atoms with van der Waals surface area (Å²) in [4.78, 5) is 4.47. The van der Waals surface area contributed by atoms with Gasteiger partial charge in [0.25, 0.3) is 0 Å². The predicted molar refractivity (Wildman–Crippen MR) is 107 cm³/mol. The van der Waals surface area contributed by atoms with Crippen molar-refractivity contribution < 1.29 is 0 Å². The van der Waals surface area contributed by atoms with Gasteiger partial charge in [-0.25, -0.2) is 0 Å². The summed E-state index contributed by atoms with van der Waals surface area (Å²) < 4.78 is 2.61. The highest BCUT2D eigenvalue weighted by Gasteiger charge is 2.34. The lowest BCUT2D eigenvalue weighted by molar-refractivity contribution is 0.298. The van der Waals surface area contributed by atoms with E-state index < -0.39 is 0 Å². The Labute approximate surface area is 155 Å². The van der Waals surface area contributed by atoms with Gasteiger partial charge < -0.3 is 9.88 Å². The van der Waals surface area contributed by atoms with Crippen LogP contribution in [-0.4, -0.2) is 15.6 Å². The third-order valence-corrected chi connectivity index (χ3v) is 6.24. The van der Waals surface area contributed by atoms with Gasteiger partial charge in [0.2, 0.25) is 0 Å². The monoisotopic (exact) mass is 345 g/mol. The van der Waals surface area contributed by atoms with Crippen LogP contribution < -0.4 is 5.32 Å². The first-order chi connectivity index (χ1) is 12.7. The van der Waals surface area contributed by atoms with Gasteiger partial charge in [0.15, 0.2) is 0 Å². The van der Waals surface area contributed by atoms with E-state index in [9.17, 15) is 0 Å². The molecule has 0 unspecified atom stereocenters. The van der Waals surface area contributed by atoms with Crippen LogP contribution in [0.2, 0.25) is 0 Å². The number of piperidine rings is 1. The Kier molecular flexibility index (Phi) is 3.86. The van der Waals surface area contributed by atoms with Crippen LogP contribution in [0.1, 0.15) is 53.4 Å². The van der Waals surface area contributed by atoms with Crippen molar-refractivity contribution in [3.8, 4) is 0 Å². The molecule has 5 rings (SSSR count). The Hall–Kier alpha value is -2.13. The third kappa shape index (κ3) is 2.66. The molecule has 1 N–H and O–H groups in total. The van der Waals surface area contributed by atoms with Crippen molar-refractivity contribution in [3.63, 3.8) is 0 Å². The van der Waals surface area contributed by atoms with E-state index in [2.05, 4.69) is 52.1 Å². The van der Waals surface area contributed by atoms with Gasteiger partial charge in [-0.1, -0.05) is 17.7 Å². The number of aromatic nitrogens is 2. The zero-order valence-electron chi connectivity index (χ0n) is 15.8. The average Bonchev–Trinajstić information content (AvgIpc) is 2.94. The molecule has 1 aromatic carbocycles. The summed E-state index contributed by atoms with van der Waals surface area (Å²) in [5.41, 5.74) is 8.35. The molecule has 134 valence electrons. The molecule has 0 amide bonds. The van der Waals surface area contributed by atoms with Crippen molar-refractivity contribution in [1.29, 1.82) is 0 Å². The van der Waals surface area contributed by atoms with Gasteiger partial charge >= 0.3 is 0 Å². The second-order valence-corrected chi connectivity index (χ2v) is 8.14. The Balaban J connectivity index is 1.58. The lowest BCUT2D eigenvalue weighted by atomic mass is 9.84. The molecule has 1 saturated heterocycles. The van der Waals surface area contributed by atoms with Crippen molar-refractivity contribution in [2.24, 2.45) is 0 Å². The summed E-state index contributed by atoms with van der Waals surface area (Å²) in [5, 5.41) is 5.36. The van der Waals surface area contributed by atoms with E-state index in [4.69, 9.17) is 0 Å². The van der Waals surface area contributed by atoms with Gasteiger partial charge in [-0.2, -0.15) is 0 Å². The molecule has 2 bridgehead atoms. The van der Waals surface area contributed by atoms with E-state index in [1.807, 2.05) is 13.1 Å². The molecule has 0 radical (unpaired) electrons. The maximum absolute atomic E-state index is 4.47. The van der Waals surface area contributed by atoms with Gasteiger partial charge in [0, 0.05) is 53.5 Å². The number of hydrogen-bond donors (Lipinski definition) is 1. The van der Waals surface area contributed by atoms with Crippen molar-refractivity contribution >= 4 is 10.9 Å². The maximum Gasteiger partial charge on any atom is 0.0486 e. The fourth-order valence-corrected chi connectivity index (χ4v) is 4.94. The molecule has 3 nitrogen and oxygen atoms in total. The van der Waals surface area contributed by atoms with Crippen LogP contribution in [0.3, 0.4) is 0 Å². The number of benzene rings is 1. The standard InChI is InChI=1S/C23H27N3/c1-15-6-9-21-19(12-15)23-20-5-3-4-18(25-20)13-22(23)26(21)11-10-17-8-7-16(2)24-14-17/h6-9,12,14,18,20,25H,3-5,10-11,13H2,1-2H3/t18-,20+/m0/s1. The number of nitrogens with zero attached hydrogens (tertiary/aromatic N) is 2. The molecule has 3 heteroatoms. The van der Waals surface area contributed by atoms with Crippen LogP contribution in [0.5, 0.6) is 0 Å². The molecule has 2 aliphatic rings. The number of hydrogen-bond acceptors (Lipinski definition) is 2. The second kappa shape index (κ2) is 6.24. The van der Waals surface area contributed by atoms with E-state index >= 15 is 0 Å². The summed E-state index contributed by atoms with van der Waals surface area (Å²) >= 11 is 0. The smallest absolute Gasteiger partial charge is 0.0486 e. The first-order valence-electron chi connectivity index (χ1n) is 9.98. The molecule has 2 aliphatic heterocycles. The van der Waals surface area contributed by atoms with Crippen molar-refractivity contribution in [1.82, 2.24) is 14.9 Å². The zero-order chi connectivity index (χ0) is 17.7. The van der Waals surface area contributed by atoms with Crippen LogP contribution in [0, 0.1) is 13.8 Å². The normalized spacial score (nSPS) is 21.8. The summed E-state index contributed by atoms with van der Waals surface area (Å²) in [7, 11) is 0. The van der Waals surface area contributed by atoms with Crippen molar-refractivity contribution in [2.75, 3.05) is 0 Å². The number of pyridine rings is 1. The fourth-order valence-electron chi connectivity index (χ4n) is 4.94. The molecule has 0 aliphatic carbocycles. The SMILES string of the molecule is Cc1ccc2c(c1)c1c(n2CCc2ccc(C)nc2)C[C@@H]2CCC[C@H]1N2. The quantitative estimate of drug-likeness (QED) is 0.750. The van der Waals surface area contributed by atoms with E-state index in [0.29, 0.717) is 12.1 Å². The molecular formula is C23H27N3. The molecule has 2 atom stereocenters. The van der Waals surface area contributed by atoms with Crippen LogP contribution in [0.25, 0.3) is 10.9 Å². The first kappa shape index (κ1) is 16.1. The minimum atomic E-state index is 0.545. The maximum atomic E-state index is 4.47. The molecule has 2 aromatic heterocycles. The summed E-state index contributed by atoms with van der Waals surface area (Å²) in [6.45, 7) is 5.30. The fraction of sp³-hybridized carbons (Fsp3) is 0.435. The summed E-state index contributed by atoms with van der Waals surface area (Å²) in [5.74, 6) is 0. The lowest BCUT2D eigenvalue weighted by Gasteiger charge is -2.37. The first-order valence-corrected chi connectivity index (χ1v) is 9.98. The van der Waals surface area contributed by atoms with Crippen molar-refractivity contribution in [3.05, 3.63) is 64.6 Å². The molecule has 4 heterocycles. The summed E-state index contributed by atoms with van der Waals surface area (Å²) in [6, 6.07) is 12.5. The van der Waals surface area contributed by atoms with Gasteiger partial charge in [-0.05, 0) is 68.9 Å². The van der Waals surface area contributed by atoms with Gasteiger partial charge in [-0.3, -0.25) is 4.98 Å². The number of aryl methyl sites for hydroxylation is 4. The zero-order valence-corrected chi connectivity index (χ0v) is 15.8. The summed E-state index contributed by atoms with van der Waals surface area (Å²) in [6.07, 6.45) is 8.20. The largest absolute Gasteiger partial charge is 0.344 e. The highest BCUT2D eigenvalue weighted by atomic mass is 15.1. The Bertz CT molecular complexity index is 952. The van der Waals surface area contributed by atoms with Crippen LogP contribution in [-0.2, 0) is 19.4 Å². The Morgan fingerprint density at radius 1 is 1.15 bits per heavy atom. The van der Waals surface area contributed by atoms with Crippen molar-refractivity contribution in [2.45, 2.75) is 64.6 Å². The van der Waals surface area contributed by atoms with Gasteiger partial charge in [0.05, 0.1) is 0 Å². The molecule has 0 spiro atoms. The Morgan fingerprint density at radius 2 is 2.08 bits per heavy atom. The van der Waals surface area contributed by atoms with E-state index in [1.165, 1.54) is 47.7 Å². The minimum absolute atomic E-state index is 0.545. The molecule has 1 fully saturated rings. The van der Waals surface area contributed by atoms with Crippen LogP contribution in [0.4, 0.5) is 0 Å².